The van der Waals surface area contributed by atoms with Gasteiger partial charge in [-0.3, -0.25) is 19.5 Å². The topological polar surface area (TPSA) is 84.0 Å². The predicted molar refractivity (Wildman–Crippen MR) is 168 cm³/mol. The van der Waals surface area contributed by atoms with Crippen LogP contribution >= 0.6 is 0 Å². The lowest BCUT2D eigenvalue weighted by molar-refractivity contribution is 0.0433. The molecule has 1 aliphatic rings. The van der Waals surface area contributed by atoms with Gasteiger partial charge in [0.2, 0.25) is 0 Å². The van der Waals surface area contributed by atoms with E-state index in [4.69, 9.17) is 9.47 Å². The smallest absolute Gasteiger partial charge is 0.257 e. The molecule has 0 aliphatic carbocycles. The third-order valence-corrected chi connectivity index (χ3v) is 7.56. The van der Waals surface area contributed by atoms with Gasteiger partial charge in [0.05, 0.1) is 11.3 Å². The molecule has 8 heteroatoms. The number of pyridine rings is 1. The summed E-state index contributed by atoms with van der Waals surface area (Å²) in [5, 5.41) is 2.96. The molecule has 0 fully saturated rings. The Kier molecular flexibility index (Phi) is 9.37. The Morgan fingerprint density at radius 1 is 1.00 bits per heavy atom. The number of nitrogens with one attached hydrogen (secondary N) is 1. The van der Waals surface area contributed by atoms with Gasteiger partial charge >= 0.3 is 0 Å². The first kappa shape index (κ1) is 29.8. The average Bonchev–Trinajstić information content (AvgIpc) is 3.01. The van der Waals surface area contributed by atoms with E-state index in [1.54, 1.807) is 42.7 Å². The molecular weight excluding hydrogens is 540 g/mol. The number of fused-ring (bicyclic) bond motifs is 1. The van der Waals surface area contributed by atoms with Crippen molar-refractivity contribution in [1.29, 1.82) is 0 Å². The number of likely N-dealkylation sites (N-methyl/N-ethyl adjacent to an activating group) is 1. The van der Waals surface area contributed by atoms with Crippen LogP contribution in [0, 0.1) is 5.92 Å². The lowest BCUT2D eigenvalue weighted by Crippen LogP contribution is -2.48. The second kappa shape index (κ2) is 13.5. The predicted octanol–water partition coefficient (Wildman–Crippen LogP) is 6.51. The van der Waals surface area contributed by atoms with Crippen LogP contribution in [0.3, 0.4) is 0 Å². The molecule has 1 aliphatic heterocycles. The minimum atomic E-state index is -0.295. The van der Waals surface area contributed by atoms with Crippen molar-refractivity contribution in [2.24, 2.45) is 5.92 Å². The summed E-state index contributed by atoms with van der Waals surface area (Å²) in [6, 6.07) is 26.4. The lowest BCUT2D eigenvalue weighted by Gasteiger charge is -2.38. The first-order chi connectivity index (χ1) is 20.8. The van der Waals surface area contributed by atoms with Gasteiger partial charge in [-0.1, -0.05) is 43.3 Å². The molecule has 4 aromatic rings. The van der Waals surface area contributed by atoms with E-state index >= 15 is 0 Å². The quantitative estimate of drug-likeness (QED) is 0.244. The SMILES string of the molecule is CC(C)N1C[C@H](C)[C@@H](CN(C)Cc2ccc(Oc3ccccc3)cc2)Oc2c(NC(=O)c3ccncc3)cccc2C1=O. The van der Waals surface area contributed by atoms with Gasteiger partial charge in [-0.15, -0.1) is 0 Å². The number of carbonyl (C=O) groups excluding carboxylic acids is 2. The Hall–Kier alpha value is -4.69. The minimum absolute atomic E-state index is 0.00552. The molecule has 2 heterocycles. The standard InChI is InChI=1S/C35H38N4O4/c1-24(2)39-21-25(3)32(23-38(4)22-26-13-15-29(16-14-26)42-28-9-6-5-7-10-28)43-33-30(35(39)41)11-8-12-31(33)37-34(40)27-17-19-36-20-18-27/h5-20,24-25,32H,21-23H2,1-4H3,(H,37,40)/t25-,32+/m0/s1. The van der Waals surface area contributed by atoms with Crippen LogP contribution in [0.25, 0.3) is 0 Å². The van der Waals surface area contributed by atoms with Crippen molar-refractivity contribution in [2.75, 3.05) is 25.5 Å². The number of nitrogens with zero attached hydrogens (tertiary/aromatic N) is 3. The van der Waals surface area contributed by atoms with Crippen molar-refractivity contribution >= 4 is 17.5 Å². The maximum absolute atomic E-state index is 13.7. The van der Waals surface area contributed by atoms with Crippen LogP contribution in [0.2, 0.25) is 0 Å². The number of carbonyl (C=O) groups is 2. The molecule has 3 aromatic carbocycles. The van der Waals surface area contributed by atoms with Crippen LogP contribution in [-0.4, -0.2) is 58.9 Å². The second-order valence-electron chi connectivity index (χ2n) is 11.3. The van der Waals surface area contributed by atoms with Crippen molar-refractivity contribution in [1.82, 2.24) is 14.8 Å². The molecule has 2 atom stereocenters. The summed E-state index contributed by atoms with van der Waals surface area (Å²) in [6.45, 7) is 8.05. The van der Waals surface area contributed by atoms with E-state index in [-0.39, 0.29) is 29.9 Å². The molecular formula is C35H38N4O4. The zero-order chi connectivity index (χ0) is 30.3. The number of para-hydroxylation sites is 2. The van der Waals surface area contributed by atoms with Crippen molar-refractivity contribution in [3.05, 3.63) is 114 Å². The van der Waals surface area contributed by atoms with Gasteiger partial charge in [0.15, 0.2) is 5.75 Å². The first-order valence-corrected chi connectivity index (χ1v) is 14.6. The van der Waals surface area contributed by atoms with Crippen molar-refractivity contribution < 1.29 is 19.1 Å². The number of amides is 2. The van der Waals surface area contributed by atoms with E-state index in [9.17, 15) is 9.59 Å². The monoisotopic (exact) mass is 578 g/mol. The Labute approximate surface area is 253 Å². The van der Waals surface area contributed by atoms with Crippen molar-refractivity contribution in [3.63, 3.8) is 0 Å². The van der Waals surface area contributed by atoms with E-state index in [0.717, 1.165) is 17.1 Å². The summed E-state index contributed by atoms with van der Waals surface area (Å²) in [5.41, 5.74) is 2.52. The summed E-state index contributed by atoms with van der Waals surface area (Å²) in [7, 11) is 2.06. The molecule has 0 radical (unpaired) electrons. The van der Waals surface area contributed by atoms with Gasteiger partial charge in [-0.25, -0.2) is 0 Å². The number of benzene rings is 3. The van der Waals surface area contributed by atoms with Gasteiger partial charge in [-0.2, -0.15) is 0 Å². The van der Waals surface area contributed by atoms with Crippen molar-refractivity contribution in [3.8, 4) is 17.2 Å². The summed E-state index contributed by atoms with van der Waals surface area (Å²) >= 11 is 0. The molecule has 5 rings (SSSR count). The molecule has 0 saturated carbocycles. The molecule has 222 valence electrons. The zero-order valence-electron chi connectivity index (χ0n) is 25.1. The molecule has 0 bridgehead atoms. The van der Waals surface area contributed by atoms with E-state index in [2.05, 4.69) is 41.3 Å². The lowest BCUT2D eigenvalue weighted by atomic mass is 9.99. The van der Waals surface area contributed by atoms with Crippen LogP contribution < -0.4 is 14.8 Å². The molecule has 0 spiro atoms. The fourth-order valence-corrected chi connectivity index (χ4v) is 5.20. The van der Waals surface area contributed by atoms with Crippen LogP contribution in [0.1, 0.15) is 47.1 Å². The molecule has 8 nitrogen and oxygen atoms in total. The highest BCUT2D eigenvalue weighted by molar-refractivity contribution is 6.07. The number of hydrogen-bond donors (Lipinski definition) is 1. The van der Waals surface area contributed by atoms with Gasteiger partial charge in [0.25, 0.3) is 11.8 Å². The Morgan fingerprint density at radius 3 is 2.40 bits per heavy atom. The maximum Gasteiger partial charge on any atom is 0.257 e. The largest absolute Gasteiger partial charge is 0.486 e. The van der Waals surface area contributed by atoms with Crippen molar-refractivity contribution in [2.45, 2.75) is 39.5 Å². The first-order valence-electron chi connectivity index (χ1n) is 14.6. The maximum atomic E-state index is 13.7. The average molecular weight is 579 g/mol. The van der Waals surface area contributed by atoms with Crippen LogP contribution in [0.5, 0.6) is 17.2 Å². The number of anilines is 1. The van der Waals surface area contributed by atoms with E-state index < -0.39 is 0 Å². The van der Waals surface area contributed by atoms with Crippen LogP contribution in [-0.2, 0) is 6.54 Å². The highest BCUT2D eigenvalue weighted by atomic mass is 16.5. The number of ether oxygens (including phenoxy) is 2. The number of aromatic nitrogens is 1. The fraction of sp³-hybridized carbons (Fsp3) is 0.286. The summed E-state index contributed by atoms with van der Waals surface area (Å²) in [6.07, 6.45) is 2.91. The van der Waals surface area contributed by atoms with Gasteiger partial charge < -0.3 is 19.7 Å². The van der Waals surface area contributed by atoms with E-state index in [0.29, 0.717) is 42.2 Å². The number of hydrogen-bond acceptors (Lipinski definition) is 6. The van der Waals surface area contributed by atoms with E-state index in [1.165, 1.54) is 0 Å². The highest BCUT2D eigenvalue weighted by Gasteiger charge is 2.34. The zero-order valence-corrected chi connectivity index (χ0v) is 25.1. The Bertz CT molecular complexity index is 1530. The third-order valence-electron chi connectivity index (χ3n) is 7.56. The van der Waals surface area contributed by atoms with Crippen LogP contribution in [0.15, 0.2) is 97.3 Å². The molecule has 0 unspecified atom stereocenters. The molecule has 0 saturated heterocycles. The van der Waals surface area contributed by atoms with E-state index in [1.807, 2.05) is 61.2 Å². The Balaban J connectivity index is 1.35. The normalized spacial score (nSPS) is 16.7. The molecule has 1 aromatic heterocycles. The molecule has 1 N–H and O–H groups in total. The minimum Gasteiger partial charge on any atom is -0.486 e. The summed E-state index contributed by atoms with van der Waals surface area (Å²) in [5.74, 6) is 1.61. The summed E-state index contributed by atoms with van der Waals surface area (Å²) < 4.78 is 12.6. The molecule has 2 amide bonds. The second-order valence-corrected chi connectivity index (χ2v) is 11.3. The third kappa shape index (κ3) is 7.40. The van der Waals surface area contributed by atoms with Gasteiger partial charge in [0, 0.05) is 49.6 Å². The van der Waals surface area contributed by atoms with Crippen LogP contribution in [0.4, 0.5) is 5.69 Å². The van der Waals surface area contributed by atoms with Gasteiger partial charge in [-0.05, 0) is 75.0 Å². The number of rotatable bonds is 9. The fourth-order valence-electron chi connectivity index (χ4n) is 5.20. The van der Waals surface area contributed by atoms with Gasteiger partial charge in [0.1, 0.15) is 17.6 Å². The highest BCUT2D eigenvalue weighted by Crippen LogP contribution is 2.35. The summed E-state index contributed by atoms with van der Waals surface area (Å²) in [4.78, 5) is 34.9. The molecule has 43 heavy (non-hydrogen) atoms. The Morgan fingerprint density at radius 2 is 1.70 bits per heavy atom.